The highest BCUT2D eigenvalue weighted by molar-refractivity contribution is 7.92. The smallest absolute Gasteiger partial charge is 0.234 e. The Morgan fingerprint density at radius 1 is 1.28 bits per heavy atom. The van der Waals surface area contributed by atoms with Crippen LogP contribution in [0.1, 0.15) is 24.8 Å². The molecule has 18 heavy (non-hydrogen) atoms. The van der Waals surface area contributed by atoms with Crippen LogP contribution in [-0.4, -0.2) is 25.7 Å². The van der Waals surface area contributed by atoms with Gasteiger partial charge >= 0.3 is 0 Å². The van der Waals surface area contributed by atoms with Gasteiger partial charge in [-0.3, -0.25) is 0 Å². The van der Waals surface area contributed by atoms with Crippen LogP contribution in [0.5, 0.6) is 0 Å². The number of benzene rings is 1. The summed E-state index contributed by atoms with van der Waals surface area (Å²) >= 11 is 0. The lowest BCUT2D eigenvalue weighted by atomic mass is 9.78. The highest BCUT2D eigenvalue weighted by Crippen LogP contribution is 2.32. The van der Waals surface area contributed by atoms with Crippen molar-refractivity contribution in [2.24, 2.45) is 0 Å². The van der Waals surface area contributed by atoms with E-state index in [1.165, 1.54) is 0 Å². The molecule has 1 aliphatic rings. The number of aliphatic hydroxyl groups is 1. The lowest BCUT2D eigenvalue weighted by Gasteiger charge is -2.40. The van der Waals surface area contributed by atoms with Gasteiger partial charge < -0.3 is 5.11 Å². The van der Waals surface area contributed by atoms with Crippen molar-refractivity contribution in [2.75, 3.05) is 6.61 Å². The SMILES string of the molecule is O=S(=O)(/C=C/c1ccccc1)NC1(CO)CCC1. The third kappa shape index (κ3) is 3.19. The average Bonchev–Trinajstić information content (AvgIpc) is 2.33. The number of rotatable bonds is 5. The van der Waals surface area contributed by atoms with Gasteiger partial charge in [0.15, 0.2) is 0 Å². The van der Waals surface area contributed by atoms with Gasteiger partial charge in [-0.2, -0.15) is 0 Å². The second kappa shape index (κ2) is 5.22. The van der Waals surface area contributed by atoms with Crippen LogP contribution in [0.4, 0.5) is 0 Å². The third-order valence-electron chi connectivity index (χ3n) is 3.21. The molecule has 0 spiro atoms. The standard InChI is InChI=1S/C13H17NO3S/c15-11-13(8-4-9-13)14-18(16,17)10-7-12-5-2-1-3-6-12/h1-3,5-7,10,14-15H,4,8-9,11H2/b10-7+. The zero-order chi connectivity index (χ0) is 13.1. The fourth-order valence-electron chi connectivity index (χ4n) is 1.96. The Morgan fingerprint density at radius 3 is 2.44 bits per heavy atom. The van der Waals surface area contributed by atoms with Gasteiger partial charge in [-0.05, 0) is 30.9 Å². The molecular formula is C13H17NO3S. The minimum absolute atomic E-state index is 0.147. The largest absolute Gasteiger partial charge is 0.394 e. The van der Waals surface area contributed by atoms with Crippen molar-refractivity contribution in [3.05, 3.63) is 41.3 Å². The number of nitrogens with one attached hydrogen (secondary N) is 1. The van der Waals surface area contributed by atoms with Gasteiger partial charge in [0.25, 0.3) is 0 Å². The van der Waals surface area contributed by atoms with Crippen LogP contribution in [0.2, 0.25) is 0 Å². The molecule has 98 valence electrons. The molecule has 0 radical (unpaired) electrons. The molecule has 0 aromatic heterocycles. The van der Waals surface area contributed by atoms with Crippen molar-refractivity contribution < 1.29 is 13.5 Å². The van der Waals surface area contributed by atoms with E-state index in [0.717, 1.165) is 17.4 Å². The van der Waals surface area contributed by atoms with Crippen molar-refractivity contribution in [1.82, 2.24) is 4.72 Å². The molecule has 1 fully saturated rings. The highest BCUT2D eigenvalue weighted by Gasteiger charge is 2.39. The molecule has 0 atom stereocenters. The summed E-state index contributed by atoms with van der Waals surface area (Å²) < 4.78 is 26.3. The second-order valence-corrected chi connectivity index (χ2v) is 6.22. The van der Waals surface area contributed by atoms with Crippen molar-refractivity contribution in [3.63, 3.8) is 0 Å². The Kier molecular flexibility index (Phi) is 3.85. The Labute approximate surface area is 107 Å². The minimum Gasteiger partial charge on any atom is -0.394 e. The molecule has 0 saturated heterocycles. The van der Waals surface area contributed by atoms with Gasteiger partial charge in [0, 0.05) is 5.41 Å². The van der Waals surface area contributed by atoms with E-state index in [4.69, 9.17) is 0 Å². The summed E-state index contributed by atoms with van der Waals surface area (Å²) in [5, 5.41) is 10.4. The van der Waals surface area contributed by atoms with Crippen molar-refractivity contribution >= 4 is 16.1 Å². The number of aliphatic hydroxyl groups excluding tert-OH is 1. The van der Waals surface area contributed by atoms with Crippen molar-refractivity contribution in [3.8, 4) is 0 Å². The van der Waals surface area contributed by atoms with E-state index in [1.54, 1.807) is 6.08 Å². The molecule has 2 N–H and O–H groups in total. The topological polar surface area (TPSA) is 66.4 Å². The van der Waals surface area contributed by atoms with E-state index in [1.807, 2.05) is 30.3 Å². The van der Waals surface area contributed by atoms with E-state index in [2.05, 4.69) is 4.72 Å². The van der Waals surface area contributed by atoms with Crippen LogP contribution in [-0.2, 0) is 10.0 Å². The minimum atomic E-state index is -3.50. The molecular weight excluding hydrogens is 250 g/mol. The van der Waals surface area contributed by atoms with Gasteiger partial charge in [0.1, 0.15) is 0 Å². The lowest BCUT2D eigenvalue weighted by molar-refractivity contribution is 0.111. The number of hydrogen-bond donors (Lipinski definition) is 2. The van der Waals surface area contributed by atoms with Crippen LogP contribution < -0.4 is 4.72 Å². The molecule has 4 nitrogen and oxygen atoms in total. The maximum absolute atomic E-state index is 11.9. The molecule has 0 heterocycles. The monoisotopic (exact) mass is 267 g/mol. The average molecular weight is 267 g/mol. The first-order valence-corrected chi connectivity index (χ1v) is 7.48. The molecule has 1 aromatic rings. The molecule has 5 heteroatoms. The fourth-order valence-corrected chi connectivity index (χ4v) is 3.24. The van der Waals surface area contributed by atoms with Crippen LogP contribution in [0.25, 0.3) is 6.08 Å². The second-order valence-electron chi connectivity index (χ2n) is 4.65. The Morgan fingerprint density at radius 2 is 1.94 bits per heavy atom. The summed E-state index contributed by atoms with van der Waals surface area (Å²) in [5.74, 6) is 0. The summed E-state index contributed by atoms with van der Waals surface area (Å²) in [6.45, 7) is -0.147. The van der Waals surface area contributed by atoms with Crippen LogP contribution in [0.3, 0.4) is 0 Å². The number of hydrogen-bond acceptors (Lipinski definition) is 3. The van der Waals surface area contributed by atoms with Gasteiger partial charge in [-0.15, -0.1) is 0 Å². The Hall–Kier alpha value is -1.17. The molecule has 1 saturated carbocycles. The van der Waals surface area contributed by atoms with E-state index in [0.29, 0.717) is 12.8 Å². The highest BCUT2D eigenvalue weighted by atomic mass is 32.2. The van der Waals surface area contributed by atoms with Crippen LogP contribution in [0.15, 0.2) is 35.7 Å². The van der Waals surface area contributed by atoms with Crippen molar-refractivity contribution in [1.29, 1.82) is 0 Å². The first kappa shape index (κ1) is 13.3. The van der Waals surface area contributed by atoms with Crippen LogP contribution >= 0.6 is 0 Å². The first-order valence-electron chi connectivity index (χ1n) is 5.93. The summed E-state index contributed by atoms with van der Waals surface area (Å²) in [4.78, 5) is 0. The van der Waals surface area contributed by atoms with E-state index >= 15 is 0 Å². The van der Waals surface area contributed by atoms with Gasteiger partial charge in [0.2, 0.25) is 10.0 Å². The van der Waals surface area contributed by atoms with Crippen LogP contribution in [0, 0.1) is 0 Å². The number of sulfonamides is 1. The summed E-state index contributed by atoms with van der Waals surface area (Å²) in [6.07, 6.45) is 3.89. The maximum atomic E-state index is 11.9. The van der Waals surface area contributed by atoms with Crippen molar-refractivity contribution in [2.45, 2.75) is 24.8 Å². The Bertz CT molecular complexity index is 513. The fraction of sp³-hybridized carbons (Fsp3) is 0.385. The molecule has 1 aromatic carbocycles. The van der Waals surface area contributed by atoms with E-state index in [-0.39, 0.29) is 6.61 Å². The van der Waals surface area contributed by atoms with E-state index < -0.39 is 15.6 Å². The van der Waals surface area contributed by atoms with E-state index in [9.17, 15) is 13.5 Å². The molecule has 2 rings (SSSR count). The zero-order valence-electron chi connectivity index (χ0n) is 10.0. The van der Waals surface area contributed by atoms with Gasteiger partial charge in [-0.25, -0.2) is 13.1 Å². The predicted octanol–water partition coefficient (Wildman–Crippen LogP) is 1.49. The predicted molar refractivity (Wildman–Crippen MR) is 71.2 cm³/mol. The zero-order valence-corrected chi connectivity index (χ0v) is 10.9. The summed E-state index contributed by atoms with van der Waals surface area (Å²) in [5.41, 5.74) is 0.189. The normalized spacial score (nSPS) is 18.7. The third-order valence-corrected chi connectivity index (χ3v) is 4.42. The first-order chi connectivity index (χ1) is 8.55. The van der Waals surface area contributed by atoms with Gasteiger partial charge in [0.05, 0.1) is 12.1 Å². The molecule has 1 aliphatic carbocycles. The molecule has 0 aliphatic heterocycles. The van der Waals surface area contributed by atoms with Gasteiger partial charge in [-0.1, -0.05) is 30.3 Å². The Balaban J connectivity index is 2.06. The summed E-state index contributed by atoms with van der Waals surface area (Å²) in [6, 6.07) is 9.23. The lowest BCUT2D eigenvalue weighted by Crippen LogP contribution is -2.55. The molecule has 0 unspecified atom stereocenters. The molecule has 0 bridgehead atoms. The molecule has 0 amide bonds. The maximum Gasteiger partial charge on any atom is 0.234 e. The summed E-state index contributed by atoms with van der Waals surface area (Å²) in [7, 11) is -3.50. The quantitative estimate of drug-likeness (QED) is 0.849.